The summed E-state index contributed by atoms with van der Waals surface area (Å²) in [5.74, 6) is -2.02. The fourth-order valence-electron chi connectivity index (χ4n) is 4.22. The number of amides is 3. The summed E-state index contributed by atoms with van der Waals surface area (Å²) < 4.78 is 5.45. The molecule has 3 aromatic rings. The zero-order valence-corrected chi connectivity index (χ0v) is 23.4. The van der Waals surface area contributed by atoms with Gasteiger partial charge in [-0.1, -0.05) is 18.2 Å². The summed E-state index contributed by atoms with van der Waals surface area (Å²) in [6, 6.07) is 14.1. The third-order valence-electron chi connectivity index (χ3n) is 6.30. The van der Waals surface area contributed by atoms with Crippen molar-refractivity contribution >= 4 is 52.5 Å². The van der Waals surface area contributed by atoms with Gasteiger partial charge in [0.05, 0.1) is 19.2 Å². The number of hydrogen-bond acceptors (Lipinski definition) is 9. The van der Waals surface area contributed by atoms with Crippen LogP contribution in [0.3, 0.4) is 0 Å². The minimum Gasteiger partial charge on any atom is -0.507 e. The number of aryl methyl sites for hydroxylation is 1. The van der Waals surface area contributed by atoms with Crippen LogP contribution in [-0.4, -0.2) is 75.8 Å². The van der Waals surface area contributed by atoms with Gasteiger partial charge in [0.2, 0.25) is 11.8 Å². The quantitative estimate of drug-likeness (QED) is 0.174. The monoisotopic (exact) mass is 599 g/mol. The van der Waals surface area contributed by atoms with Crippen LogP contribution < -0.4 is 20.3 Å². The van der Waals surface area contributed by atoms with Gasteiger partial charge in [-0.05, 0) is 58.8 Å². The maximum Gasteiger partial charge on any atom is 0.328 e. The number of β-lactam (4-membered cyclic amide) rings is 1. The smallest absolute Gasteiger partial charge is 0.328 e. The first kappa shape index (κ1) is 29.9. The van der Waals surface area contributed by atoms with E-state index in [0.29, 0.717) is 5.56 Å². The highest BCUT2D eigenvalue weighted by molar-refractivity contribution is 8.00. The first-order chi connectivity index (χ1) is 19.8. The molecule has 41 heavy (non-hydrogen) atoms. The number of carbonyl (C=O) groups is 4. The molecule has 3 unspecified atom stereocenters. The van der Waals surface area contributed by atoms with E-state index in [0.717, 1.165) is 17.9 Å². The van der Waals surface area contributed by atoms with Crippen LogP contribution in [-0.2, 0) is 25.6 Å². The van der Waals surface area contributed by atoms with Crippen molar-refractivity contribution in [2.24, 2.45) is 0 Å². The van der Waals surface area contributed by atoms with E-state index in [1.807, 2.05) is 35.7 Å². The van der Waals surface area contributed by atoms with Gasteiger partial charge in [-0.15, -0.1) is 11.8 Å². The van der Waals surface area contributed by atoms with Gasteiger partial charge in [-0.25, -0.2) is 4.79 Å². The second-order valence-electron chi connectivity index (χ2n) is 9.09. The molecule has 216 valence electrons. The molecule has 5 N–H and O–H groups in total. The lowest BCUT2D eigenvalue weighted by Crippen LogP contribution is -2.57. The topological polar surface area (TPSA) is 165 Å². The van der Waals surface area contributed by atoms with Gasteiger partial charge < -0.3 is 35.6 Å². The summed E-state index contributed by atoms with van der Waals surface area (Å²) in [5.41, 5.74) is 2.49. The highest BCUT2D eigenvalue weighted by Crippen LogP contribution is 2.48. The Labute approximate surface area is 244 Å². The molecule has 0 spiro atoms. The standard InChI is InChI=1S/C28H29N3O8S2/c32-14-21(28(37)38)30-23(34)13-29-24(35)15-39-19-6-7-20(22(33)12-19)25-26(41-11-9-17-8-10-40-16-17)27(36)31(25)18-4-2-1-3-5-18/h1-8,10,12,16,21,25-26,32-33H,9,11,13-15H2,(H,29,35)(H,30,34)(H,37,38). The lowest BCUT2D eigenvalue weighted by Gasteiger charge is -2.47. The summed E-state index contributed by atoms with van der Waals surface area (Å²) in [6.45, 7) is -1.76. The number of aliphatic carboxylic acids is 1. The molecule has 2 aromatic carbocycles. The van der Waals surface area contributed by atoms with Crippen molar-refractivity contribution in [3.05, 3.63) is 76.5 Å². The molecule has 1 saturated heterocycles. The van der Waals surface area contributed by atoms with E-state index in [2.05, 4.69) is 22.1 Å². The number of aliphatic hydroxyl groups excluding tert-OH is 1. The number of benzene rings is 2. The number of aliphatic hydroxyl groups is 1. The normalized spacial score (nSPS) is 16.9. The molecule has 2 heterocycles. The molecule has 11 nitrogen and oxygen atoms in total. The number of aromatic hydroxyl groups is 1. The lowest BCUT2D eigenvalue weighted by molar-refractivity contribution is -0.142. The predicted molar refractivity (Wildman–Crippen MR) is 154 cm³/mol. The number of thioether (sulfide) groups is 1. The van der Waals surface area contributed by atoms with Gasteiger partial charge in [0.25, 0.3) is 5.91 Å². The molecule has 1 aromatic heterocycles. The van der Waals surface area contributed by atoms with Gasteiger partial charge in [-0.3, -0.25) is 14.4 Å². The second-order valence-corrected chi connectivity index (χ2v) is 11.1. The number of anilines is 1. The molecule has 1 fully saturated rings. The molecule has 0 aliphatic carbocycles. The number of phenols is 1. The second kappa shape index (κ2) is 14.0. The number of phenolic OH excluding ortho intramolecular Hbond substituents is 1. The van der Waals surface area contributed by atoms with Gasteiger partial charge in [0, 0.05) is 17.3 Å². The molecule has 3 atom stereocenters. The summed E-state index contributed by atoms with van der Waals surface area (Å²) in [7, 11) is 0. The van der Waals surface area contributed by atoms with Crippen molar-refractivity contribution in [3.63, 3.8) is 0 Å². The molecule has 0 saturated carbocycles. The van der Waals surface area contributed by atoms with Crippen LogP contribution in [0.2, 0.25) is 0 Å². The summed E-state index contributed by atoms with van der Waals surface area (Å²) in [5, 5.41) is 36.8. The van der Waals surface area contributed by atoms with Crippen molar-refractivity contribution in [1.82, 2.24) is 10.6 Å². The SMILES string of the molecule is O=C(COc1ccc(C2C(SCCc3ccsc3)C(=O)N2c2ccccc2)c(O)c1)NCC(=O)NC(CO)C(=O)O. The Hall–Kier alpha value is -4.07. The number of hydrogen-bond donors (Lipinski definition) is 5. The highest BCUT2D eigenvalue weighted by atomic mass is 32.2. The van der Waals surface area contributed by atoms with E-state index in [4.69, 9.17) is 14.9 Å². The number of carboxylic acids is 1. The van der Waals surface area contributed by atoms with Crippen LogP contribution in [0.5, 0.6) is 11.5 Å². The van der Waals surface area contributed by atoms with Crippen LogP contribution in [0.25, 0.3) is 0 Å². The van der Waals surface area contributed by atoms with Crippen LogP contribution in [0.15, 0.2) is 65.4 Å². The third-order valence-corrected chi connectivity index (χ3v) is 8.29. The number of ether oxygens (including phenoxy) is 1. The molecule has 0 bridgehead atoms. The van der Waals surface area contributed by atoms with Crippen LogP contribution in [0, 0.1) is 0 Å². The molecule has 3 amide bonds. The Morgan fingerprint density at radius 2 is 1.88 bits per heavy atom. The summed E-state index contributed by atoms with van der Waals surface area (Å²) in [4.78, 5) is 49.6. The van der Waals surface area contributed by atoms with E-state index in [9.17, 15) is 24.3 Å². The van der Waals surface area contributed by atoms with Gasteiger partial charge in [0.1, 0.15) is 22.8 Å². The van der Waals surface area contributed by atoms with Crippen molar-refractivity contribution in [2.75, 3.05) is 30.4 Å². The van der Waals surface area contributed by atoms with Crippen molar-refractivity contribution in [1.29, 1.82) is 0 Å². The average molecular weight is 600 g/mol. The molecule has 4 rings (SSSR count). The minimum absolute atomic E-state index is 0.0365. The fraction of sp³-hybridized carbons (Fsp3) is 0.286. The number of carbonyl (C=O) groups excluding carboxylic acids is 3. The van der Waals surface area contributed by atoms with Crippen LogP contribution >= 0.6 is 23.1 Å². The highest BCUT2D eigenvalue weighted by Gasteiger charge is 2.50. The molecule has 13 heteroatoms. The fourth-order valence-corrected chi connectivity index (χ4v) is 6.23. The summed E-state index contributed by atoms with van der Waals surface area (Å²) >= 11 is 3.18. The Kier molecular flexibility index (Phi) is 10.2. The number of rotatable bonds is 14. The van der Waals surface area contributed by atoms with E-state index in [1.165, 1.54) is 11.6 Å². The first-order valence-corrected chi connectivity index (χ1v) is 14.6. The van der Waals surface area contributed by atoms with E-state index in [-0.39, 0.29) is 22.7 Å². The molecule has 1 aliphatic heterocycles. The van der Waals surface area contributed by atoms with Gasteiger partial charge >= 0.3 is 5.97 Å². The lowest BCUT2D eigenvalue weighted by atomic mass is 9.91. The Morgan fingerprint density at radius 3 is 2.54 bits per heavy atom. The van der Waals surface area contributed by atoms with Crippen molar-refractivity contribution in [3.8, 4) is 11.5 Å². The molecule has 1 aliphatic rings. The minimum atomic E-state index is -1.47. The zero-order chi connectivity index (χ0) is 29.4. The van der Waals surface area contributed by atoms with Gasteiger partial charge in [-0.2, -0.15) is 11.3 Å². The van der Waals surface area contributed by atoms with Gasteiger partial charge in [0.15, 0.2) is 6.61 Å². The zero-order valence-electron chi connectivity index (χ0n) is 21.8. The third kappa shape index (κ3) is 7.57. The number of nitrogens with zero attached hydrogens (tertiary/aromatic N) is 1. The Morgan fingerprint density at radius 1 is 1.10 bits per heavy atom. The maximum atomic E-state index is 13.2. The van der Waals surface area contributed by atoms with Crippen molar-refractivity contribution in [2.45, 2.75) is 23.8 Å². The Bertz CT molecular complexity index is 1370. The average Bonchev–Trinajstić information content (AvgIpc) is 3.49. The van der Waals surface area contributed by atoms with E-state index < -0.39 is 49.6 Å². The van der Waals surface area contributed by atoms with Crippen LogP contribution in [0.1, 0.15) is 17.2 Å². The maximum absolute atomic E-state index is 13.2. The number of thiophene rings is 1. The molecule has 0 radical (unpaired) electrons. The molecular formula is C28H29N3O8S2. The first-order valence-electron chi connectivity index (χ1n) is 12.6. The number of para-hydroxylation sites is 1. The number of nitrogens with one attached hydrogen (secondary N) is 2. The van der Waals surface area contributed by atoms with E-state index in [1.54, 1.807) is 40.1 Å². The van der Waals surface area contributed by atoms with E-state index >= 15 is 0 Å². The number of carboxylic acid groups (broad SMARTS) is 1. The summed E-state index contributed by atoms with van der Waals surface area (Å²) in [6.07, 6.45) is 0.833. The van der Waals surface area contributed by atoms with Crippen LogP contribution in [0.4, 0.5) is 5.69 Å². The molecular weight excluding hydrogens is 570 g/mol. The largest absolute Gasteiger partial charge is 0.507 e. The predicted octanol–water partition coefficient (Wildman–Crippen LogP) is 1.94. The van der Waals surface area contributed by atoms with Crippen molar-refractivity contribution < 1.29 is 39.2 Å². The Balaban J connectivity index is 1.37.